The number of hydrogen-bond acceptors (Lipinski definition) is 6. The minimum Gasteiger partial charge on any atom is -0.383 e. The number of aliphatic hydroxyl groups excluding tert-OH is 2. The molecule has 0 fully saturated rings. The summed E-state index contributed by atoms with van der Waals surface area (Å²) >= 11 is 9.05. The minimum absolute atomic E-state index is 0.273. The number of fused-ring (bicyclic) bond motifs is 1. The maximum Gasteiger partial charge on any atom is 0.252 e. The van der Waals surface area contributed by atoms with E-state index in [9.17, 15) is 15.0 Å². The largest absolute Gasteiger partial charge is 0.383 e. The van der Waals surface area contributed by atoms with E-state index in [0.717, 1.165) is 37.0 Å². The summed E-state index contributed by atoms with van der Waals surface area (Å²) in [5, 5.41) is 24.4. The highest BCUT2D eigenvalue weighted by atomic mass is 35.5. The van der Waals surface area contributed by atoms with E-state index in [1.807, 2.05) is 74.5 Å². The fourth-order valence-corrected chi connectivity index (χ4v) is 5.18. The third kappa shape index (κ3) is 5.94. The molecule has 2 atom stereocenters. The number of carbonyl (C=O) groups excluding carboxylic acids is 1. The zero-order valence-electron chi connectivity index (χ0n) is 17.8. The summed E-state index contributed by atoms with van der Waals surface area (Å²) in [5.41, 5.74) is 1.78. The Labute approximate surface area is 200 Å². The van der Waals surface area contributed by atoms with E-state index in [0.29, 0.717) is 5.01 Å². The van der Waals surface area contributed by atoms with Crippen LogP contribution in [0.15, 0.2) is 60.7 Å². The van der Waals surface area contributed by atoms with E-state index in [2.05, 4.69) is 10.3 Å². The number of benzene rings is 2. The molecule has 1 amide bonds. The Hall–Kier alpha value is -2.29. The quantitative estimate of drug-likeness (QED) is 0.328. The van der Waals surface area contributed by atoms with Crippen LogP contribution in [0.1, 0.15) is 40.3 Å². The average Bonchev–Trinajstić information content (AvgIpc) is 3.46. The number of para-hydroxylation sites is 1. The van der Waals surface area contributed by atoms with E-state index in [4.69, 9.17) is 11.6 Å². The summed E-state index contributed by atoms with van der Waals surface area (Å²) in [4.78, 5) is 18.7. The molecule has 4 rings (SSSR count). The molecule has 2 heterocycles. The number of hydrogen-bond donors (Lipinski definition) is 3. The molecule has 2 aromatic carbocycles. The van der Waals surface area contributed by atoms with Gasteiger partial charge in [0, 0.05) is 21.2 Å². The molecule has 32 heavy (non-hydrogen) atoms. The lowest BCUT2D eigenvalue weighted by Crippen LogP contribution is -2.38. The molecule has 0 unspecified atom stereocenters. The van der Waals surface area contributed by atoms with Crippen LogP contribution in [0.5, 0.6) is 0 Å². The van der Waals surface area contributed by atoms with E-state index < -0.39 is 18.1 Å². The molecule has 0 saturated carbocycles. The lowest BCUT2D eigenvalue weighted by Gasteiger charge is -2.15. The lowest BCUT2D eigenvalue weighted by atomic mass is 10.1. The topological polar surface area (TPSA) is 82.5 Å². The van der Waals surface area contributed by atoms with Crippen molar-refractivity contribution >= 4 is 50.4 Å². The van der Waals surface area contributed by atoms with Crippen LogP contribution in [0, 0.1) is 0 Å². The van der Waals surface area contributed by atoms with E-state index in [1.54, 1.807) is 11.3 Å². The number of halogens is 1. The molecule has 8 heteroatoms. The first-order chi connectivity index (χ1) is 15.5. The van der Waals surface area contributed by atoms with Crippen molar-refractivity contribution in [2.45, 2.75) is 39.0 Å². The second kappa shape index (κ2) is 11.5. The van der Waals surface area contributed by atoms with Gasteiger partial charge in [-0.1, -0.05) is 55.8 Å². The monoisotopic (exact) mass is 488 g/mol. The molecule has 0 bridgehead atoms. The molecule has 0 aliphatic carbocycles. The van der Waals surface area contributed by atoms with Crippen LogP contribution in [-0.2, 0) is 17.8 Å². The van der Waals surface area contributed by atoms with Gasteiger partial charge in [0.15, 0.2) is 6.10 Å². The Morgan fingerprint density at radius 3 is 2.44 bits per heavy atom. The summed E-state index contributed by atoms with van der Waals surface area (Å²) in [5.74, 6) is -0.636. The Kier molecular flexibility index (Phi) is 8.78. The predicted octanol–water partition coefficient (Wildman–Crippen LogP) is 5.34. The van der Waals surface area contributed by atoms with Crippen LogP contribution in [0.25, 0.3) is 10.2 Å². The smallest absolute Gasteiger partial charge is 0.252 e. The zero-order chi connectivity index (χ0) is 23.1. The Balaban J connectivity index is 0.00000141. The fraction of sp³-hybridized carbons (Fsp3) is 0.250. The molecular weight excluding hydrogens is 464 g/mol. The molecule has 2 aromatic heterocycles. The third-order valence-electron chi connectivity index (χ3n) is 4.61. The van der Waals surface area contributed by atoms with Crippen molar-refractivity contribution in [3.05, 3.63) is 86.0 Å². The Morgan fingerprint density at radius 1 is 1.00 bits per heavy atom. The highest BCUT2D eigenvalue weighted by molar-refractivity contribution is 7.18. The summed E-state index contributed by atoms with van der Waals surface area (Å²) < 4.78 is 0.892. The predicted molar refractivity (Wildman–Crippen MR) is 132 cm³/mol. The number of nitrogens with zero attached hydrogens (tertiary/aromatic N) is 1. The van der Waals surface area contributed by atoms with Gasteiger partial charge in [-0.2, -0.15) is 0 Å². The van der Waals surface area contributed by atoms with Gasteiger partial charge in [0.05, 0.1) is 16.8 Å². The number of amides is 1. The average molecular weight is 489 g/mol. The van der Waals surface area contributed by atoms with E-state index in [-0.39, 0.29) is 6.54 Å². The molecule has 0 spiro atoms. The van der Waals surface area contributed by atoms with Gasteiger partial charge in [-0.15, -0.1) is 22.7 Å². The van der Waals surface area contributed by atoms with Crippen LogP contribution in [-0.4, -0.2) is 27.2 Å². The van der Waals surface area contributed by atoms with Crippen molar-refractivity contribution in [1.29, 1.82) is 0 Å². The highest BCUT2D eigenvalue weighted by Crippen LogP contribution is 2.28. The Bertz CT molecular complexity index is 1140. The van der Waals surface area contributed by atoms with E-state index in [1.165, 1.54) is 11.3 Å². The lowest BCUT2D eigenvalue weighted by molar-refractivity contribution is -0.135. The molecule has 3 N–H and O–H groups in total. The molecule has 4 aromatic rings. The Morgan fingerprint density at radius 2 is 1.69 bits per heavy atom. The number of rotatable bonds is 7. The SMILES string of the molecule is CC.O=C(NCc1ccc(Cc2ccccc2Cl)s1)[C@H](O)[C@@H](O)c1nc2ccccc2s1. The number of carbonyl (C=O) groups is 1. The first-order valence-electron chi connectivity index (χ1n) is 10.3. The van der Waals surface area contributed by atoms with Crippen molar-refractivity contribution in [2.75, 3.05) is 0 Å². The molecule has 0 saturated heterocycles. The maximum atomic E-state index is 12.3. The van der Waals surface area contributed by atoms with Gasteiger partial charge in [0.25, 0.3) is 5.91 Å². The maximum absolute atomic E-state index is 12.3. The highest BCUT2D eigenvalue weighted by Gasteiger charge is 2.28. The molecule has 0 radical (unpaired) electrons. The second-order valence-corrected chi connectivity index (χ2v) is 9.49. The van der Waals surface area contributed by atoms with Crippen LogP contribution >= 0.6 is 34.3 Å². The molecule has 168 valence electrons. The van der Waals surface area contributed by atoms with Crippen molar-refractivity contribution < 1.29 is 15.0 Å². The van der Waals surface area contributed by atoms with Crippen molar-refractivity contribution in [3.8, 4) is 0 Å². The second-order valence-electron chi connectivity index (χ2n) is 6.76. The van der Waals surface area contributed by atoms with Crippen molar-refractivity contribution in [3.63, 3.8) is 0 Å². The van der Waals surface area contributed by atoms with Gasteiger partial charge in [-0.25, -0.2) is 4.98 Å². The summed E-state index contributed by atoms with van der Waals surface area (Å²) in [7, 11) is 0. The number of thiophene rings is 1. The van der Waals surface area contributed by atoms with Gasteiger partial charge >= 0.3 is 0 Å². The van der Waals surface area contributed by atoms with Gasteiger partial charge < -0.3 is 15.5 Å². The summed E-state index contributed by atoms with van der Waals surface area (Å²) in [6, 6.07) is 19.1. The van der Waals surface area contributed by atoms with Gasteiger partial charge in [0.1, 0.15) is 11.1 Å². The van der Waals surface area contributed by atoms with Crippen molar-refractivity contribution in [2.24, 2.45) is 0 Å². The number of aromatic nitrogens is 1. The summed E-state index contributed by atoms with van der Waals surface area (Å²) in [6.45, 7) is 4.27. The van der Waals surface area contributed by atoms with E-state index >= 15 is 0 Å². The molecule has 0 aliphatic heterocycles. The standard InChI is InChI=1S/C22H19ClN2O3S2.C2H6/c23-16-6-2-1-5-13(16)11-14-9-10-15(29-14)12-24-21(28)19(26)20(27)22-25-17-7-3-4-8-18(17)30-22;1-2/h1-10,19-20,26-27H,11-12H2,(H,24,28);1-2H3/t19-,20-;/m1./s1. The van der Waals surface area contributed by atoms with Crippen LogP contribution < -0.4 is 5.32 Å². The van der Waals surface area contributed by atoms with Crippen LogP contribution in [0.3, 0.4) is 0 Å². The fourth-order valence-electron chi connectivity index (χ4n) is 3.02. The van der Waals surface area contributed by atoms with Crippen molar-refractivity contribution in [1.82, 2.24) is 10.3 Å². The van der Waals surface area contributed by atoms with Gasteiger partial charge in [0.2, 0.25) is 0 Å². The van der Waals surface area contributed by atoms with Gasteiger partial charge in [-0.3, -0.25) is 4.79 Å². The minimum atomic E-state index is -1.59. The number of thiazole rings is 1. The first kappa shape index (κ1) is 24.4. The normalized spacial score (nSPS) is 12.7. The summed E-state index contributed by atoms with van der Waals surface area (Å²) in [6.07, 6.45) is -2.24. The number of nitrogens with one attached hydrogen (secondary N) is 1. The molecule has 5 nitrogen and oxygen atoms in total. The number of aliphatic hydroxyl groups is 2. The van der Waals surface area contributed by atoms with Crippen LogP contribution in [0.2, 0.25) is 5.02 Å². The van der Waals surface area contributed by atoms with Gasteiger partial charge in [-0.05, 0) is 35.9 Å². The van der Waals surface area contributed by atoms with Crippen LogP contribution in [0.4, 0.5) is 0 Å². The molecular formula is C24H25ClN2O3S2. The molecule has 0 aliphatic rings. The first-order valence-corrected chi connectivity index (χ1v) is 12.3. The third-order valence-corrected chi connectivity index (χ3v) is 7.17. The zero-order valence-corrected chi connectivity index (χ0v) is 20.2.